The van der Waals surface area contributed by atoms with Crippen LogP contribution in [0, 0.1) is 0 Å². The largest absolute Gasteiger partial charge is 0.372 e. The molecule has 1 aromatic rings. The molecular formula is C17H26N2O4S. The van der Waals surface area contributed by atoms with Crippen LogP contribution in [-0.4, -0.2) is 50.1 Å². The fraction of sp³-hybridized carbons (Fsp3) is 0.588. The molecule has 1 aliphatic rings. The van der Waals surface area contributed by atoms with Crippen LogP contribution in [0.1, 0.15) is 45.0 Å². The van der Waals surface area contributed by atoms with Gasteiger partial charge >= 0.3 is 0 Å². The molecule has 1 amide bonds. The minimum absolute atomic E-state index is 0.00617. The number of rotatable bonds is 3. The topological polar surface area (TPSA) is 75.7 Å². The Balaban J connectivity index is 2.16. The van der Waals surface area contributed by atoms with Crippen molar-refractivity contribution in [2.75, 3.05) is 13.1 Å². The number of nitrogens with one attached hydrogen (secondary N) is 1. The molecule has 0 bridgehead atoms. The van der Waals surface area contributed by atoms with Gasteiger partial charge in [0, 0.05) is 24.2 Å². The summed E-state index contributed by atoms with van der Waals surface area (Å²) in [6.07, 6.45) is -0.0123. The van der Waals surface area contributed by atoms with Crippen molar-refractivity contribution in [3.05, 3.63) is 29.8 Å². The average Bonchev–Trinajstić information content (AvgIpc) is 2.43. The highest BCUT2D eigenvalue weighted by molar-refractivity contribution is 7.89. The van der Waals surface area contributed by atoms with Crippen molar-refractivity contribution >= 4 is 15.9 Å². The molecule has 1 fully saturated rings. The lowest BCUT2D eigenvalue weighted by molar-refractivity contribution is -0.0586. The molecule has 2 rings (SSSR count). The van der Waals surface area contributed by atoms with Crippen molar-refractivity contribution in [2.24, 2.45) is 0 Å². The van der Waals surface area contributed by atoms with Gasteiger partial charge in [-0.25, -0.2) is 13.1 Å². The van der Waals surface area contributed by atoms with Crippen LogP contribution in [0.2, 0.25) is 0 Å². The van der Waals surface area contributed by atoms with Gasteiger partial charge in [0.15, 0.2) is 0 Å². The van der Waals surface area contributed by atoms with Crippen molar-refractivity contribution in [2.45, 2.75) is 57.3 Å². The summed E-state index contributed by atoms with van der Waals surface area (Å²) in [5, 5.41) is 0. The Morgan fingerprint density at radius 2 is 1.62 bits per heavy atom. The second kappa shape index (κ2) is 6.82. The molecule has 0 aliphatic carbocycles. The number of carbonyl (C=O) groups is 1. The first kappa shape index (κ1) is 18.9. The molecule has 2 atom stereocenters. The first-order chi connectivity index (χ1) is 11.0. The third-order valence-corrected chi connectivity index (χ3v) is 5.33. The molecule has 1 heterocycles. The number of hydrogen-bond donors (Lipinski definition) is 1. The van der Waals surface area contributed by atoms with Gasteiger partial charge in [-0.1, -0.05) is 0 Å². The maximum absolute atomic E-state index is 12.6. The zero-order valence-electron chi connectivity index (χ0n) is 14.9. The molecule has 1 aromatic carbocycles. The highest BCUT2D eigenvalue weighted by atomic mass is 32.2. The average molecular weight is 354 g/mol. The second-order valence-electron chi connectivity index (χ2n) is 7.35. The monoisotopic (exact) mass is 354 g/mol. The Morgan fingerprint density at radius 1 is 1.12 bits per heavy atom. The summed E-state index contributed by atoms with van der Waals surface area (Å²) in [6.45, 7) is 10.3. The van der Waals surface area contributed by atoms with Crippen molar-refractivity contribution in [1.82, 2.24) is 9.62 Å². The smallest absolute Gasteiger partial charge is 0.254 e. The molecule has 6 nitrogen and oxygen atoms in total. The van der Waals surface area contributed by atoms with Gasteiger partial charge < -0.3 is 9.64 Å². The molecule has 24 heavy (non-hydrogen) atoms. The van der Waals surface area contributed by atoms with E-state index >= 15 is 0 Å². The lowest BCUT2D eigenvalue weighted by Crippen LogP contribution is -2.48. The van der Waals surface area contributed by atoms with Crippen LogP contribution < -0.4 is 4.72 Å². The van der Waals surface area contributed by atoms with Crippen molar-refractivity contribution < 1.29 is 17.9 Å². The van der Waals surface area contributed by atoms with E-state index in [1.165, 1.54) is 12.1 Å². The molecular weight excluding hydrogens is 328 g/mol. The Labute approximate surface area is 144 Å². The number of sulfonamides is 1. The molecule has 1 N–H and O–H groups in total. The van der Waals surface area contributed by atoms with E-state index in [0.29, 0.717) is 18.7 Å². The summed E-state index contributed by atoms with van der Waals surface area (Å²) in [6, 6.07) is 6.05. The lowest BCUT2D eigenvalue weighted by atomic mass is 10.1. The van der Waals surface area contributed by atoms with Crippen LogP contribution in [-0.2, 0) is 14.8 Å². The summed E-state index contributed by atoms with van der Waals surface area (Å²) in [4.78, 5) is 14.5. The van der Waals surface area contributed by atoms with Gasteiger partial charge in [-0.05, 0) is 58.9 Å². The molecule has 2 unspecified atom stereocenters. The normalized spacial score (nSPS) is 22.5. The van der Waals surface area contributed by atoms with Gasteiger partial charge in [0.1, 0.15) is 0 Å². The van der Waals surface area contributed by atoms with Gasteiger partial charge in [0.05, 0.1) is 17.1 Å². The summed E-state index contributed by atoms with van der Waals surface area (Å²) < 4.78 is 32.8. The van der Waals surface area contributed by atoms with E-state index in [0.717, 1.165) is 0 Å². The van der Waals surface area contributed by atoms with E-state index < -0.39 is 15.6 Å². The number of benzene rings is 1. The highest BCUT2D eigenvalue weighted by Gasteiger charge is 2.27. The predicted octanol–water partition coefficient (Wildman–Crippen LogP) is 2.01. The van der Waals surface area contributed by atoms with Gasteiger partial charge in [-0.3, -0.25) is 4.79 Å². The number of nitrogens with zero attached hydrogens (tertiary/aromatic N) is 1. The first-order valence-electron chi connectivity index (χ1n) is 8.07. The SMILES string of the molecule is CC1CN(C(=O)c2ccc(S(=O)(=O)NC(C)(C)C)cc2)CC(C)O1. The Bertz CT molecular complexity index is 682. The first-order valence-corrected chi connectivity index (χ1v) is 9.55. The molecule has 0 aromatic heterocycles. The van der Waals surface area contributed by atoms with Crippen molar-refractivity contribution in [1.29, 1.82) is 0 Å². The number of morpholine rings is 1. The number of carbonyl (C=O) groups excluding carboxylic acids is 1. The summed E-state index contributed by atoms with van der Waals surface area (Å²) in [5.74, 6) is -0.107. The van der Waals surface area contributed by atoms with Crippen molar-refractivity contribution in [3.63, 3.8) is 0 Å². The summed E-state index contributed by atoms with van der Waals surface area (Å²) >= 11 is 0. The Kier molecular flexibility index (Phi) is 5.37. The van der Waals surface area contributed by atoms with Gasteiger partial charge in [0.2, 0.25) is 10.0 Å². The predicted molar refractivity (Wildman–Crippen MR) is 92.4 cm³/mol. The maximum Gasteiger partial charge on any atom is 0.254 e. The van der Waals surface area contributed by atoms with E-state index in [9.17, 15) is 13.2 Å². The van der Waals surface area contributed by atoms with Crippen LogP contribution >= 0.6 is 0 Å². The fourth-order valence-corrected chi connectivity index (χ4v) is 4.18. The van der Waals surface area contributed by atoms with E-state index in [1.807, 2.05) is 13.8 Å². The summed E-state index contributed by atoms with van der Waals surface area (Å²) in [7, 11) is -3.60. The Morgan fingerprint density at radius 3 is 2.08 bits per heavy atom. The van der Waals surface area contributed by atoms with E-state index in [2.05, 4.69) is 4.72 Å². The second-order valence-corrected chi connectivity index (χ2v) is 9.03. The van der Waals surface area contributed by atoms with Crippen LogP contribution in [0.5, 0.6) is 0 Å². The number of ether oxygens (including phenoxy) is 1. The molecule has 7 heteroatoms. The molecule has 1 saturated heterocycles. The molecule has 134 valence electrons. The van der Waals surface area contributed by atoms with Crippen LogP contribution in [0.4, 0.5) is 0 Å². The molecule has 0 saturated carbocycles. The van der Waals surface area contributed by atoms with Crippen LogP contribution in [0.15, 0.2) is 29.2 Å². The summed E-state index contributed by atoms with van der Waals surface area (Å²) in [5.41, 5.74) is -0.0843. The fourth-order valence-electron chi connectivity index (χ4n) is 2.76. The van der Waals surface area contributed by atoms with Gasteiger partial charge in [-0.15, -0.1) is 0 Å². The minimum atomic E-state index is -3.60. The zero-order chi connectivity index (χ0) is 18.1. The van der Waals surface area contributed by atoms with E-state index in [1.54, 1.807) is 37.8 Å². The standard InChI is InChI=1S/C17H26N2O4S/c1-12-10-19(11-13(2)23-12)16(20)14-6-8-15(9-7-14)24(21,22)18-17(3,4)5/h6-9,12-13,18H,10-11H2,1-5H3. The Hall–Kier alpha value is -1.44. The number of hydrogen-bond acceptors (Lipinski definition) is 4. The minimum Gasteiger partial charge on any atom is -0.372 e. The third kappa shape index (κ3) is 4.78. The third-order valence-electron chi connectivity index (χ3n) is 3.56. The van der Waals surface area contributed by atoms with E-state index in [-0.39, 0.29) is 23.0 Å². The van der Waals surface area contributed by atoms with E-state index in [4.69, 9.17) is 4.74 Å². The lowest BCUT2D eigenvalue weighted by Gasteiger charge is -2.35. The maximum atomic E-state index is 12.6. The van der Waals surface area contributed by atoms with Gasteiger partial charge in [0.25, 0.3) is 5.91 Å². The molecule has 1 aliphatic heterocycles. The molecule has 0 spiro atoms. The van der Waals surface area contributed by atoms with Crippen LogP contribution in [0.25, 0.3) is 0 Å². The molecule has 0 radical (unpaired) electrons. The van der Waals surface area contributed by atoms with Crippen molar-refractivity contribution in [3.8, 4) is 0 Å². The van der Waals surface area contributed by atoms with Gasteiger partial charge in [-0.2, -0.15) is 0 Å². The zero-order valence-corrected chi connectivity index (χ0v) is 15.7. The highest BCUT2D eigenvalue weighted by Crippen LogP contribution is 2.17. The van der Waals surface area contributed by atoms with Crippen LogP contribution in [0.3, 0.4) is 0 Å². The number of amides is 1. The quantitative estimate of drug-likeness (QED) is 0.901.